The van der Waals surface area contributed by atoms with Crippen molar-refractivity contribution in [3.05, 3.63) is 35.1 Å². The van der Waals surface area contributed by atoms with E-state index in [0.717, 1.165) is 49.7 Å². The maximum absolute atomic E-state index is 13.1. The Hall–Kier alpha value is -0.890. The molecule has 0 saturated carbocycles. The third-order valence-corrected chi connectivity index (χ3v) is 3.37. The van der Waals surface area contributed by atoms with E-state index in [1.165, 1.54) is 6.07 Å². The zero-order valence-electron chi connectivity index (χ0n) is 15.5. The second-order valence-corrected chi connectivity index (χ2v) is 6.69. The molecule has 0 aliphatic carbocycles. The summed E-state index contributed by atoms with van der Waals surface area (Å²) in [5.74, 6) is 0.642. The molecule has 0 radical (unpaired) electrons. The minimum absolute atomic E-state index is 0. The van der Waals surface area contributed by atoms with Gasteiger partial charge in [0.15, 0.2) is 5.96 Å². The van der Waals surface area contributed by atoms with Crippen LogP contribution in [-0.4, -0.2) is 37.7 Å². The van der Waals surface area contributed by atoms with Gasteiger partial charge in [0.05, 0.1) is 6.54 Å². The zero-order valence-corrected chi connectivity index (χ0v) is 17.8. The SMILES string of the molecule is CCNC(=NCCNC(C)(C)C)NCCc1ccc(F)cc1C.I. The first-order valence-corrected chi connectivity index (χ1v) is 8.34. The van der Waals surface area contributed by atoms with Gasteiger partial charge in [0.2, 0.25) is 0 Å². The second kappa shape index (κ2) is 11.6. The lowest BCUT2D eigenvalue weighted by molar-refractivity contribution is 0.432. The van der Waals surface area contributed by atoms with E-state index in [9.17, 15) is 4.39 Å². The number of hydrogen-bond donors (Lipinski definition) is 3. The predicted molar refractivity (Wildman–Crippen MR) is 112 cm³/mol. The molecule has 0 fully saturated rings. The van der Waals surface area contributed by atoms with E-state index >= 15 is 0 Å². The summed E-state index contributed by atoms with van der Waals surface area (Å²) in [6, 6.07) is 4.94. The summed E-state index contributed by atoms with van der Waals surface area (Å²) in [6.07, 6.45) is 0.844. The van der Waals surface area contributed by atoms with Crippen LogP contribution in [0.3, 0.4) is 0 Å². The van der Waals surface area contributed by atoms with E-state index in [0.29, 0.717) is 0 Å². The first-order chi connectivity index (χ1) is 10.8. The maximum atomic E-state index is 13.1. The van der Waals surface area contributed by atoms with Crippen LogP contribution in [-0.2, 0) is 6.42 Å². The second-order valence-electron chi connectivity index (χ2n) is 6.69. The van der Waals surface area contributed by atoms with Gasteiger partial charge in [-0.25, -0.2) is 4.39 Å². The molecule has 0 saturated heterocycles. The van der Waals surface area contributed by atoms with Crippen molar-refractivity contribution in [2.75, 3.05) is 26.2 Å². The maximum Gasteiger partial charge on any atom is 0.191 e. The first-order valence-electron chi connectivity index (χ1n) is 8.34. The molecule has 6 heteroatoms. The van der Waals surface area contributed by atoms with Gasteiger partial charge in [0.25, 0.3) is 0 Å². The van der Waals surface area contributed by atoms with Crippen LogP contribution < -0.4 is 16.0 Å². The van der Waals surface area contributed by atoms with Crippen molar-refractivity contribution in [1.29, 1.82) is 0 Å². The number of halogens is 2. The van der Waals surface area contributed by atoms with Crippen LogP contribution in [0.4, 0.5) is 4.39 Å². The summed E-state index contributed by atoms with van der Waals surface area (Å²) in [5, 5.41) is 9.98. The Balaban J connectivity index is 0.00000529. The molecular weight excluding hydrogens is 418 g/mol. The topological polar surface area (TPSA) is 48.5 Å². The monoisotopic (exact) mass is 450 g/mol. The van der Waals surface area contributed by atoms with Crippen molar-refractivity contribution in [1.82, 2.24) is 16.0 Å². The molecular formula is C18H32FIN4. The minimum Gasteiger partial charge on any atom is -0.357 e. The molecule has 4 nitrogen and oxygen atoms in total. The average Bonchev–Trinajstić information content (AvgIpc) is 2.44. The van der Waals surface area contributed by atoms with Crippen molar-refractivity contribution in [3.63, 3.8) is 0 Å². The van der Waals surface area contributed by atoms with E-state index in [-0.39, 0.29) is 35.3 Å². The molecule has 0 heterocycles. The van der Waals surface area contributed by atoms with Crippen molar-refractivity contribution in [3.8, 4) is 0 Å². The van der Waals surface area contributed by atoms with Gasteiger partial charge in [0.1, 0.15) is 5.82 Å². The highest BCUT2D eigenvalue weighted by molar-refractivity contribution is 14.0. The average molecular weight is 450 g/mol. The van der Waals surface area contributed by atoms with Gasteiger partial charge in [-0.15, -0.1) is 24.0 Å². The van der Waals surface area contributed by atoms with Crippen LogP contribution in [0.25, 0.3) is 0 Å². The van der Waals surface area contributed by atoms with E-state index in [1.807, 2.05) is 13.0 Å². The Labute approximate surface area is 163 Å². The van der Waals surface area contributed by atoms with E-state index < -0.39 is 0 Å². The van der Waals surface area contributed by atoms with E-state index in [2.05, 4.69) is 48.6 Å². The number of aliphatic imine (C=N–C) groups is 1. The molecule has 0 spiro atoms. The number of nitrogens with one attached hydrogen (secondary N) is 3. The number of rotatable bonds is 7. The van der Waals surface area contributed by atoms with Crippen LogP contribution in [0.15, 0.2) is 23.2 Å². The van der Waals surface area contributed by atoms with Gasteiger partial charge < -0.3 is 16.0 Å². The molecule has 0 amide bonds. The van der Waals surface area contributed by atoms with Gasteiger partial charge in [-0.05, 0) is 64.3 Å². The Morgan fingerprint density at radius 3 is 2.46 bits per heavy atom. The molecule has 1 aromatic carbocycles. The lowest BCUT2D eigenvalue weighted by Gasteiger charge is -2.20. The van der Waals surface area contributed by atoms with Crippen LogP contribution in [0, 0.1) is 12.7 Å². The lowest BCUT2D eigenvalue weighted by atomic mass is 10.1. The van der Waals surface area contributed by atoms with Crippen molar-refractivity contribution >= 4 is 29.9 Å². The number of aryl methyl sites for hydroxylation is 1. The molecule has 0 bridgehead atoms. The third kappa shape index (κ3) is 10.1. The normalized spacial score (nSPS) is 11.8. The summed E-state index contributed by atoms with van der Waals surface area (Å²) in [6.45, 7) is 13.6. The quantitative estimate of drug-likeness (QED) is 0.259. The number of guanidine groups is 1. The number of nitrogens with zero attached hydrogens (tertiary/aromatic N) is 1. The number of benzene rings is 1. The third-order valence-electron chi connectivity index (χ3n) is 3.37. The van der Waals surface area contributed by atoms with Crippen molar-refractivity contribution in [2.45, 2.75) is 46.6 Å². The summed E-state index contributed by atoms with van der Waals surface area (Å²) in [4.78, 5) is 4.56. The molecule has 1 aromatic rings. The molecule has 0 aliphatic rings. The Morgan fingerprint density at radius 2 is 1.88 bits per heavy atom. The highest BCUT2D eigenvalue weighted by atomic mass is 127. The fourth-order valence-corrected chi connectivity index (χ4v) is 2.20. The molecule has 138 valence electrons. The standard InChI is InChI=1S/C18H31FN4.HI/c1-6-20-17(22-11-12-23-18(3,4)5)21-10-9-15-7-8-16(19)13-14(15)2;/h7-8,13,23H,6,9-12H2,1-5H3,(H2,20,21,22);1H. The molecule has 0 atom stereocenters. The van der Waals surface area contributed by atoms with Crippen LogP contribution in [0.5, 0.6) is 0 Å². The minimum atomic E-state index is -0.180. The highest BCUT2D eigenvalue weighted by Gasteiger charge is 2.07. The first kappa shape index (κ1) is 23.1. The summed E-state index contributed by atoms with van der Waals surface area (Å²) in [7, 11) is 0. The highest BCUT2D eigenvalue weighted by Crippen LogP contribution is 2.10. The summed E-state index contributed by atoms with van der Waals surface area (Å²) < 4.78 is 13.1. The molecule has 0 unspecified atom stereocenters. The van der Waals surface area contributed by atoms with Crippen LogP contribution in [0.1, 0.15) is 38.8 Å². The van der Waals surface area contributed by atoms with Gasteiger partial charge in [-0.2, -0.15) is 0 Å². The predicted octanol–water partition coefficient (Wildman–Crippen LogP) is 3.24. The lowest BCUT2D eigenvalue weighted by Crippen LogP contribution is -2.40. The van der Waals surface area contributed by atoms with Gasteiger partial charge in [-0.1, -0.05) is 6.07 Å². The smallest absolute Gasteiger partial charge is 0.191 e. The fraction of sp³-hybridized carbons (Fsp3) is 0.611. The Kier molecular flexibility index (Phi) is 11.2. The molecule has 1 rings (SSSR count). The van der Waals surface area contributed by atoms with E-state index in [1.54, 1.807) is 6.07 Å². The van der Waals surface area contributed by atoms with Gasteiger partial charge in [0, 0.05) is 25.2 Å². The molecule has 0 aliphatic heterocycles. The van der Waals surface area contributed by atoms with Crippen molar-refractivity contribution in [2.24, 2.45) is 4.99 Å². The van der Waals surface area contributed by atoms with Crippen LogP contribution in [0.2, 0.25) is 0 Å². The Morgan fingerprint density at radius 1 is 1.17 bits per heavy atom. The van der Waals surface area contributed by atoms with E-state index in [4.69, 9.17) is 0 Å². The molecule has 3 N–H and O–H groups in total. The summed E-state index contributed by atoms with van der Waals surface area (Å²) >= 11 is 0. The van der Waals surface area contributed by atoms with Crippen molar-refractivity contribution < 1.29 is 4.39 Å². The largest absolute Gasteiger partial charge is 0.357 e. The zero-order chi connectivity index (χ0) is 17.3. The molecule has 24 heavy (non-hydrogen) atoms. The number of hydrogen-bond acceptors (Lipinski definition) is 2. The molecule has 0 aromatic heterocycles. The van der Waals surface area contributed by atoms with Gasteiger partial charge >= 0.3 is 0 Å². The van der Waals surface area contributed by atoms with Gasteiger partial charge in [-0.3, -0.25) is 4.99 Å². The Bertz CT molecular complexity index is 512. The van der Waals surface area contributed by atoms with Crippen LogP contribution >= 0.6 is 24.0 Å². The summed E-state index contributed by atoms with van der Waals surface area (Å²) in [5.41, 5.74) is 2.26. The fourth-order valence-electron chi connectivity index (χ4n) is 2.20.